The molecule has 0 amide bonds. The minimum Gasteiger partial charge on any atom is -0.489 e. The number of hydrogen-bond donors (Lipinski definition) is 1. The van der Waals surface area contributed by atoms with E-state index in [0.717, 1.165) is 25.1 Å². The summed E-state index contributed by atoms with van der Waals surface area (Å²) in [5.41, 5.74) is 3.79. The average molecular weight is 382 g/mol. The van der Waals surface area contributed by atoms with Crippen LogP contribution in [0.4, 0.5) is 0 Å². The molecular formula is C24H28ClNO. The van der Waals surface area contributed by atoms with Crippen LogP contribution in [-0.4, -0.2) is 6.04 Å². The lowest BCUT2D eigenvalue weighted by molar-refractivity contribution is 0.301. The van der Waals surface area contributed by atoms with Crippen molar-refractivity contribution in [3.05, 3.63) is 102 Å². The lowest BCUT2D eigenvalue weighted by Crippen LogP contribution is -2.26. The van der Waals surface area contributed by atoms with E-state index in [9.17, 15) is 0 Å². The molecule has 0 aliphatic carbocycles. The zero-order chi connectivity index (χ0) is 18.0. The number of hydrogen-bond acceptors (Lipinski definition) is 2. The van der Waals surface area contributed by atoms with Crippen LogP contribution in [0.25, 0.3) is 0 Å². The lowest BCUT2D eigenvalue weighted by Gasteiger charge is -2.16. The Morgan fingerprint density at radius 3 is 2.07 bits per heavy atom. The molecule has 27 heavy (non-hydrogen) atoms. The third-order valence-corrected chi connectivity index (χ3v) is 4.56. The summed E-state index contributed by atoms with van der Waals surface area (Å²) in [6.07, 6.45) is 2.22. The topological polar surface area (TPSA) is 21.3 Å². The van der Waals surface area contributed by atoms with E-state index < -0.39 is 0 Å². The molecule has 0 aliphatic rings. The van der Waals surface area contributed by atoms with Gasteiger partial charge < -0.3 is 10.1 Å². The Morgan fingerprint density at radius 1 is 0.778 bits per heavy atom. The fraction of sp³-hybridized carbons (Fsp3) is 0.250. The molecule has 2 nitrogen and oxygen atoms in total. The Morgan fingerprint density at radius 2 is 1.37 bits per heavy atom. The summed E-state index contributed by atoms with van der Waals surface area (Å²) in [5, 5.41) is 3.63. The van der Waals surface area contributed by atoms with Gasteiger partial charge in [-0.2, -0.15) is 0 Å². The van der Waals surface area contributed by atoms with Gasteiger partial charge in [-0.3, -0.25) is 0 Å². The van der Waals surface area contributed by atoms with Crippen LogP contribution < -0.4 is 10.1 Å². The monoisotopic (exact) mass is 381 g/mol. The third-order valence-electron chi connectivity index (χ3n) is 4.56. The molecule has 1 unspecified atom stereocenters. The number of halogens is 1. The summed E-state index contributed by atoms with van der Waals surface area (Å²) in [6.45, 7) is 3.67. The van der Waals surface area contributed by atoms with Crippen molar-refractivity contribution in [2.75, 3.05) is 0 Å². The van der Waals surface area contributed by atoms with Gasteiger partial charge in [0.15, 0.2) is 0 Å². The van der Waals surface area contributed by atoms with Crippen LogP contribution in [-0.2, 0) is 19.6 Å². The Labute approximate surface area is 169 Å². The van der Waals surface area contributed by atoms with Crippen molar-refractivity contribution in [2.24, 2.45) is 0 Å². The number of para-hydroxylation sites is 1. The van der Waals surface area contributed by atoms with E-state index in [0.29, 0.717) is 12.6 Å². The van der Waals surface area contributed by atoms with Crippen LogP contribution in [0.2, 0.25) is 0 Å². The van der Waals surface area contributed by atoms with Crippen LogP contribution >= 0.6 is 12.4 Å². The molecule has 0 saturated heterocycles. The molecule has 0 bridgehead atoms. The first-order chi connectivity index (χ1) is 12.8. The summed E-state index contributed by atoms with van der Waals surface area (Å²) in [7, 11) is 0. The molecule has 1 atom stereocenters. The molecule has 3 rings (SSSR count). The van der Waals surface area contributed by atoms with E-state index in [-0.39, 0.29) is 12.4 Å². The van der Waals surface area contributed by atoms with Crippen molar-refractivity contribution in [3.63, 3.8) is 0 Å². The number of benzene rings is 3. The van der Waals surface area contributed by atoms with Crippen LogP contribution in [0.3, 0.4) is 0 Å². The maximum atomic E-state index is 6.04. The molecule has 0 spiro atoms. The van der Waals surface area contributed by atoms with E-state index in [2.05, 4.69) is 72.9 Å². The zero-order valence-electron chi connectivity index (χ0n) is 15.8. The van der Waals surface area contributed by atoms with Gasteiger partial charge in [-0.15, -0.1) is 12.4 Å². The fourth-order valence-electron chi connectivity index (χ4n) is 2.94. The smallest absolute Gasteiger partial charge is 0.124 e. The largest absolute Gasteiger partial charge is 0.489 e. The molecule has 0 saturated carbocycles. The second-order valence-electron chi connectivity index (χ2n) is 6.69. The van der Waals surface area contributed by atoms with Crippen molar-refractivity contribution in [3.8, 4) is 5.75 Å². The Bertz CT molecular complexity index is 777. The second-order valence-corrected chi connectivity index (χ2v) is 6.69. The van der Waals surface area contributed by atoms with Gasteiger partial charge in [-0.25, -0.2) is 0 Å². The molecule has 0 heterocycles. The highest BCUT2D eigenvalue weighted by atomic mass is 35.5. The normalized spacial score (nSPS) is 11.4. The summed E-state index contributed by atoms with van der Waals surface area (Å²) < 4.78 is 6.04. The van der Waals surface area contributed by atoms with Gasteiger partial charge in [-0.05, 0) is 37.0 Å². The van der Waals surface area contributed by atoms with Crippen LogP contribution in [0.1, 0.15) is 30.0 Å². The minimum absolute atomic E-state index is 0. The van der Waals surface area contributed by atoms with Crippen molar-refractivity contribution < 1.29 is 4.74 Å². The first-order valence-electron chi connectivity index (χ1n) is 9.33. The van der Waals surface area contributed by atoms with Crippen LogP contribution in [0.5, 0.6) is 5.75 Å². The van der Waals surface area contributed by atoms with Gasteiger partial charge in [0.05, 0.1) is 0 Å². The van der Waals surface area contributed by atoms with Crippen molar-refractivity contribution in [1.29, 1.82) is 0 Å². The maximum absolute atomic E-state index is 6.04. The van der Waals surface area contributed by atoms with Gasteiger partial charge >= 0.3 is 0 Å². The van der Waals surface area contributed by atoms with Gasteiger partial charge in [0.2, 0.25) is 0 Å². The van der Waals surface area contributed by atoms with Crippen molar-refractivity contribution in [1.82, 2.24) is 5.32 Å². The first-order valence-corrected chi connectivity index (χ1v) is 9.33. The number of nitrogens with one attached hydrogen (secondary N) is 1. The first kappa shape index (κ1) is 21.0. The Balaban J connectivity index is 0.00000261. The Hall–Kier alpha value is -2.29. The third kappa shape index (κ3) is 7.09. The van der Waals surface area contributed by atoms with Gasteiger partial charge in [0.1, 0.15) is 12.4 Å². The Kier molecular flexibility index (Phi) is 8.90. The highest BCUT2D eigenvalue weighted by molar-refractivity contribution is 5.85. The van der Waals surface area contributed by atoms with E-state index >= 15 is 0 Å². The van der Waals surface area contributed by atoms with Crippen molar-refractivity contribution >= 4 is 12.4 Å². The molecule has 3 aromatic rings. The molecule has 1 N–H and O–H groups in total. The standard InChI is InChI=1S/C24H27NO.ClH/c1-20(16-17-21-10-4-2-5-11-21)25-18-23-14-8-9-15-24(23)26-19-22-12-6-3-7-13-22;/h2-15,20,25H,16-19H2,1H3;1H. The molecular weight excluding hydrogens is 354 g/mol. The minimum atomic E-state index is 0. The highest BCUT2D eigenvalue weighted by Crippen LogP contribution is 2.19. The highest BCUT2D eigenvalue weighted by Gasteiger charge is 2.07. The van der Waals surface area contributed by atoms with Gasteiger partial charge in [-0.1, -0.05) is 78.9 Å². The predicted molar refractivity (Wildman–Crippen MR) is 116 cm³/mol. The summed E-state index contributed by atoms with van der Waals surface area (Å²) in [4.78, 5) is 0. The van der Waals surface area contributed by atoms with Gasteiger partial charge in [0.25, 0.3) is 0 Å². The molecule has 0 aliphatic heterocycles. The average Bonchev–Trinajstić information content (AvgIpc) is 2.71. The molecule has 3 heteroatoms. The lowest BCUT2D eigenvalue weighted by atomic mass is 10.1. The van der Waals surface area contributed by atoms with E-state index in [4.69, 9.17) is 4.74 Å². The molecule has 142 valence electrons. The summed E-state index contributed by atoms with van der Waals surface area (Å²) >= 11 is 0. The molecule has 0 radical (unpaired) electrons. The SMILES string of the molecule is CC(CCc1ccccc1)NCc1ccccc1OCc1ccccc1.Cl. The zero-order valence-corrected chi connectivity index (χ0v) is 16.6. The molecule has 3 aromatic carbocycles. The van der Waals surface area contributed by atoms with Gasteiger partial charge in [0, 0.05) is 18.2 Å². The number of ether oxygens (including phenoxy) is 1. The summed E-state index contributed by atoms with van der Waals surface area (Å²) in [6, 6.07) is 29.7. The van der Waals surface area contributed by atoms with E-state index in [1.54, 1.807) is 0 Å². The maximum Gasteiger partial charge on any atom is 0.124 e. The van der Waals surface area contributed by atoms with Crippen LogP contribution in [0, 0.1) is 0 Å². The van der Waals surface area contributed by atoms with E-state index in [1.807, 2.05) is 24.3 Å². The second kappa shape index (κ2) is 11.4. The van der Waals surface area contributed by atoms with Crippen LogP contribution in [0.15, 0.2) is 84.9 Å². The van der Waals surface area contributed by atoms with E-state index in [1.165, 1.54) is 16.7 Å². The number of rotatable bonds is 9. The summed E-state index contributed by atoms with van der Waals surface area (Å²) in [5.74, 6) is 0.958. The predicted octanol–water partition coefficient (Wildman–Crippen LogP) is 5.80. The van der Waals surface area contributed by atoms with Crippen molar-refractivity contribution in [2.45, 2.75) is 39.0 Å². The molecule has 0 aromatic heterocycles. The number of aryl methyl sites for hydroxylation is 1. The molecule has 0 fully saturated rings. The fourth-order valence-corrected chi connectivity index (χ4v) is 2.94. The quantitative estimate of drug-likeness (QED) is 0.505.